The molecule has 1 aliphatic heterocycles. The van der Waals surface area contributed by atoms with Gasteiger partial charge in [0.25, 0.3) is 0 Å². The molecular formula is C10H15N3O. The van der Waals surface area contributed by atoms with Gasteiger partial charge in [0, 0.05) is 13.1 Å². The Balaban J connectivity index is 2.34. The summed E-state index contributed by atoms with van der Waals surface area (Å²) in [4.78, 5) is 6.70. The van der Waals surface area contributed by atoms with Crippen molar-refractivity contribution >= 4 is 5.69 Å². The van der Waals surface area contributed by atoms with Gasteiger partial charge in [0.1, 0.15) is 0 Å². The van der Waals surface area contributed by atoms with Crippen molar-refractivity contribution in [2.45, 2.75) is 20.0 Å². The molecule has 0 atom stereocenters. The highest BCUT2D eigenvalue weighted by Crippen LogP contribution is 2.27. The molecule has 0 unspecified atom stereocenters. The van der Waals surface area contributed by atoms with Crippen LogP contribution < -0.4 is 10.5 Å². The largest absolute Gasteiger partial charge is 0.480 e. The third kappa shape index (κ3) is 1.42. The Labute approximate surface area is 83.7 Å². The molecule has 0 amide bonds. The minimum atomic E-state index is 0.543. The van der Waals surface area contributed by atoms with Crippen molar-refractivity contribution in [2.75, 3.05) is 19.4 Å². The van der Waals surface area contributed by atoms with Gasteiger partial charge in [-0.15, -0.1) is 0 Å². The number of fused-ring (bicyclic) bond motifs is 1. The molecule has 1 aromatic heterocycles. The molecule has 0 bridgehead atoms. The maximum absolute atomic E-state index is 5.79. The van der Waals surface area contributed by atoms with Crippen molar-refractivity contribution in [2.24, 2.45) is 0 Å². The average Bonchev–Trinajstić information content (AvgIpc) is 2.58. The second kappa shape index (κ2) is 3.46. The quantitative estimate of drug-likeness (QED) is 0.761. The fraction of sp³-hybridized carbons (Fsp3) is 0.500. The summed E-state index contributed by atoms with van der Waals surface area (Å²) in [6.07, 6.45) is 0. The van der Waals surface area contributed by atoms with Gasteiger partial charge >= 0.3 is 0 Å². The summed E-state index contributed by atoms with van der Waals surface area (Å²) >= 11 is 0. The number of hydrogen-bond donors (Lipinski definition) is 1. The first-order valence-electron chi connectivity index (χ1n) is 4.79. The molecule has 14 heavy (non-hydrogen) atoms. The van der Waals surface area contributed by atoms with Gasteiger partial charge in [-0.05, 0) is 18.2 Å². The van der Waals surface area contributed by atoms with Gasteiger partial charge in [-0.1, -0.05) is 6.92 Å². The van der Waals surface area contributed by atoms with E-state index in [4.69, 9.17) is 10.5 Å². The Bertz CT molecular complexity index is 351. The molecule has 4 heteroatoms. The van der Waals surface area contributed by atoms with Crippen molar-refractivity contribution in [3.05, 3.63) is 17.3 Å². The molecule has 0 spiro atoms. The number of rotatable bonds is 2. The standard InChI is InChI=1S/C10H15N3O/c1-3-13-5-7-4-8(11)10(14-2)12-9(7)6-13/h4H,3,5-6,11H2,1-2H3. The van der Waals surface area contributed by atoms with Crippen LogP contribution in [0.3, 0.4) is 0 Å². The SMILES string of the molecule is CCN1Cc2cc(N)c(OC)nc2C1. The Morgan fingerprint density at radius 3 is 3.00 bits per heavy atom. The number of nitrogens with two attached hydrogens (primary N) is 1. The molecule has 2 heterocycles. The highest BCUT2D eigenvalue weighted by atomic mass is 16.5. The number of nitrogen functional groups attached to an aromatic ring is 1. The van der Waals surface area contributed by atoms with Gasteiger partial charge in [0.15, 0.2) is 0 Å². The zero-order chi connectivity index (χ0) is 10.1. The molecule has 1 aromatic rings. The lowest BCUT2D eigenvalue weighted by Crippen LogP contribution is -2.14. The normalized spacial score (nSPS) is 15.6. The lowest BCUT2D eigenvalue weighted by molar-refractivity contribution is 0.298. The Morgan fingerprint density at radius 2 is 2.36 bits per heavy atom. The summed E-state index contributed by atoms with van der Waals surface area (Å²) in [5.41, 5.74) is 8.74. The number of hydrogen-bond acceptors (Lipinski definition) is 4. The van der Waals surface area contributed by atoms with E-state index in [9.17, 15) is 0 Å². The Kier molecular flexibility index (Phi) is 2.29. The topological polar surface area (TPSA) is 51.4 Å². The van der Waals surface area contributed by atoms with E-state index >= 15 is 0 Å². The maximum atomic E-state index is 5.79. The predicted octanol–water partition coefficient (Wildman–Crippen LogP) is 1.01. The van der Waals surface area contributed by atoms with Crippen molar-refractivity contribution in [1.29, 1.82) is 0 Å². The van der Waals surface area contributed by atoms with Gasteiger partial charge in [0.05, 0.1) is 18.5 Å². The predicted molar refractivity (Wildman–Crippen MR) is 55.0 cm³/mol. The van der Waals surface area contributed by atoms with Crippen LogP contribution in [0.25, 0.3) is 0 Å². The van der Waals surface area contributed by atoms with Gasteiger partial charge in [-0.25, -0.2) is 4.98 Å². The Hall–Kier alpha value is -1.29. The molecule has 1 aliphatic rings. The van der Waals surface area contributed by atoms with Crippen LogP contribution in [0.4, 0.5) is 5.69 Å². The van der Waals surface area contributed by atoms with E-state index in [0.29, 0.717) is 11.6 Å². The van der Waals surface area contributed by atoms with Crippen molar-refractivity contribution in [1.82, 2.24) is 9.88 Å². The summed E-state index contributed by atoms with van der Waals surface area (Å²) in [5, 5.41) is 0. The first-order chi connectivity index (χ1) is 6.74. The molecule has 2 rings (SSSR count). The molecule has 4 nitrogen and oxygen atoms in total. The molecule has 0 fully saturated rings. The molecule has 0 saturated carbocycles. The van der Waals surface area contributed by atoms with E-state index in [-0.39, 0.29) is 0 Å². The highest BCUT2D eigenvalue weighted by molar-refractivity contribution is 5.52. The van der Waals surface area contributed by atoms with E-state index in [1.807, 2.05) is 6.07 Å². The zero-order valence-corrected chi connectivity index (χ0v) is 8.58. The summed E-state index contributed by atoms with van der Waals surface area (Å²) < 4.78 is 5.08. The van der Waals surface area contributed by atoms with Crippen molar-refractivity contribution in [3.8, 4) is 5.88 Å². The number of pyridine rings is 1. The second-order valence-electron chi connectivity index (χ2n) is 3.50. The van der Waals surface area contributed by atoms with Gasteiger partial charge in [0.2, 0.25) is 5.88 Å². The summed E-state index contributed by atoms with van der Waals surface area (Å²) in [6, 6.07) is 1.97. The number of nitrogens with zero attached hydrogens (tertiary/aromatic N) is 2. The number of ether oxygens (including phenoxy) is 1. The minimum absolute atomic E-state index is 0.543. The summed E-state index contributed by atoms with van der Waals surface area (Å²) in [5.74, 6) is 0.543. The van der Waals surface area contributed by atoms with Crippen molar-refractivity contribution in [3.63, 3.8) is 0 Å². The van der Waals surface area contributed by atoms with E-state index in [1.54, 1.807) is 7.11 Å². The maximum Gasteiger partial charge on any atom is 0.237 e. The Morgan fingerprint density at radius 1 is 1.57 bits per heavy atom. The molecule has 0 aliphatic carbocycles. The fourth-order valence-corrected chi connectivity index (χ4v) is 1.76. The van der Waals surface area contributed by atoms with Gasteiger partial charge in [-0.3, -0.25) is 4.90 Å². The number of anilines is 1. The van der Waals surface area contributed by atoms with Crippen LogP contribution >= 0.6 is 0 Å². The highest BCUT2D eigenvalue weighted by Gasteiger charge is 2.20. The molecular weight excluding hydrogens is 178 g/mol. The lowest BCUT2D eigenvalue weighted by atomic mass is 10.2. The molecule has 76 valence electrons. The molecule has 0 saturated heterocycles. The van der Waals surface area contributed by atoms with Crippen LogP contribution in [0.2, 0.25) is 0 Å². The van der Waals surface area contributed by atoms with Gasteiger partial charge in [-0.2, -0.15) is 0 Å². The molecule has 0 radical (unpaired) electrons. The first kappa shape index (κ1) is 9.27. The number of methoxy groups -OCH3 is 1. The lowest BCUT2D eigenvalue weighted by Gasteiger charge is -2.08. The van der Waals surface area contributed by atoms with Crippen molar-refractivity contribution < 1.29 is 4.74 Å². The van der Waals surface area contributed by atoms with Crippen LogP contribution in [0, 0.1) is 0 Å². The number of aromatic nitrogens is 1. The van der Waals surface area contributed by atoms with E-state index in [0.717, 1.165) is 25.3 Å². The van der Waals surface area contributed by atoms with Crippen LogP contribution in [0.15, 0.2) is 6.07 Å². The third-order valence-corrected chi connectivity index (χ3v) is 2.59. The van der Waals surface area contributed by atoms with Crippen LogP contribution in [0.1, 0.15) is 18.2 Å². The minimum Gasteiger partial charge on any atom is -0.480 e. The summed E-state index contributed by atoms with van der Waals surface area (Å²) in [7, 11) is 1.59. The van der Waals surface area contributed by atoms with Crippen LogP contribution in [0.5, 0.6) is 5.88 Å². The summed E-state index contributed by atoms with van der Waals surface area (Å²) in [6.45, 7) is 5.04. The second-order valence-corrected chi connectivity index (χ2v) is 3.50. The van der Waals surface area contributed by atoms with Crippen LogP contribution in [-0.2, 0) is 13.1 Å². The first-order valence-corrected chi connectivity index (χ1v) is 4.79. The average molecular weight is 193 g/mol. The zero-order valence-electron chi connectivity index (χ0n) is 8.58. The van der Waals surface area contributed by atoms with Crippen LogP contribution in [-0.4, -0.2) is 23.5 Å². The van der Waals surface area contributed by atoms with E-state index in [1.165, 1.54) is 5.56 Å². The monoisotopic (exact) mass is 193 g/mol. The fourth-order valence-electron chi connectivity index (χ4n) is 1.76. The third-order valence-electron chi connectivity index (χ3n) is 2.59. The van der Waals surface area contributed by atoms with E-state index in [2.05, 4.69) is 16.8 Å². The van der Waals surface area contributed by atoms with Gasteiger partial charge < -0.3 is 10.5 Å². The molecule has 0 aromatic carbocycles. The smallest absolute Gasteiger partial charge is 0.237 e. The molecule has 2 N–H and O–H groups in total. The van der Waals surface area contributed by atoms with E-state index < -0.39 is 0 Å².